The number of nitrogens with one attached hydrogen (secondary N) is 1. The van der Waals surface area contributed by atoms with Gasteiger partial charge in [-0.25, -0.2) is 9.50 Å². The van der Waals surface area contributed by atoms with Crippen molar-refractivity contribution in [2.24, 2.45) is 5.73 Å². The molecule has 27 heavy (non-hydrogen) atoms. The number of methoxy groups -OCH3 is 1. The molecule has 9 nitrogen and oxygen atoms in total. The summed E-state index contributed by atoms with van der Waals surface area (Å²) in [6.45, 7) is -0.585. The van der Waals surface area contributed by atoms with Gasteiger partial charge in [-0.3, -0.25) is 14.3 Å². The van der Waals surface area contributed by atoms with E-state index in [1.54, 1.807) is 0 Å². The number of ether oxygens (including phenoxy) is 2. The zero-order valence-electron chi connectivity index (χ0n) is 16.6. The molecule has 1 aliphatic carbocycles. The number of aromatic nitrogens is 3. The van der Waals surface area contributed by atoms with Crippen LogP contribution in [0, 0.1) is 0 Å². The van der Waals surface area contributed by atoms with Crippen molar-refractivity contribution in [2.75, 3.05) is 7.04 Å². The Hall–Kier alpha value is -2.73. The van der Waals surface area contributed by atoms with Crippen LogP contribution in [0.3, 0.4) is 0 Å². The largest absolute Gasteiger partial charge is 0.522 e. The van der Waals surface area contributed by atoms with E-state index in [1.807, 2.05) is 0 Å². The molecule has 2 amide bonds. The van der Waals surface area contributed by atoms with Crippen molar-refractivity contribution in [2.45, 2.75) is 38.0 Å². The normalized spacial score (nSPS) is 21.8. The summed E-state index contributed by atoms with van der Waals surface area (Å²) < 4.78 is 67.3. The van der Waals surface area contributed by atoms with Gasteiger partial charge in [0.15, 0.2) is 5.65 Å². The third kappa shape index (κ3) is 4.01. The van der Waals surface area contributed by atoms with Gasteiger partial charge in [-0.15, -0.1) is 13.2 Å². The van der Waals surface area contributed by atoms with Gasteiger partial charge in [0.05, 0.1) is 16.8 Å². The van der Waals surface area contributed by atoms with Gasteiger partial charge in [0, 0.05) is 19.3 Å². The fourth-order valence-electron chi connectivity index (χ4n) is 2.81. The van der Waals surface area contributed by atoms with Gasteiger partial charge in [-0.05, 0) is 18.9 Å². The molecule has 0 radical (unpaired) electrons. The van der Waals surface area contributed by atoms with Crippen LogP contribution in [0.25, 0.3) is 5.65 Å². The Kier molecular flexibility index (Phi) is 4.04. The molecule has 1 aliphatic rings. The van der Waals surface area contributed by atoms with Crippen LogP contribution >= 0.6 is 0 Å². The predicted octanol–water partition coefficient (Wildman–Crippen LogP) is 0.772. The highest BCUT2D eigenvalue weighted by atomic mass is 19.4. The molecule has 2 aromatic heterocycles. The Bertz CT molecular complexity index is 973. The van der Waals surface area contributed by atoms with E-state index in [9.17, 15) is 22.8 Å². The maximum Gasteiger partial charge on any atom is 0.522 e. The van der Waals surface area contributed by atoms with Gasteiger partial charge >= 0.3 is 6.36 Å². The lowest BCUT2D eigenvalue weighted by atomic mass is 9.89. The molecule has 0 atom stereocenters. The lowest BCUT2D eigenvalue weighted by molar-refractivity contribution is -0.351. The second-order valence-corrected chi connectivity index (χ2v) is 5.87. The van der Waals surface area contributed by atoms with Crippen LogP contribution in [0.1, 0.15) is 43.5 Å². The molecule has 0 bridgehead atoms. The first-order chi connectivity index (χ1) is 13.8. The number of carbonyl (C=O) groups is 2. The Balaban J connectivity index is 1.79. The number of rotatable bonds is 6. The van der Waals surface area contributed by atoms with E-state index >= 15 is 0 Å². The maximum atomic E-state index is 12.6. The summed E-state index contributed by atoms with van der Waals surface area (Å²) in [5.41, 5.74) is 4.82. The summed E-state index contributed by atoms with van der Waals surface area (Å²) in [7, 11) is -2.75. The first-order valence-electron chi connectivity index (χ1n) is 9.20. The highest BCUT2D eigenvalue weighted by Gasteiger charge is 2.40. The average molecular weight is 390 g/mol. The van der Waals surface area contributed by atoms with Crippen molar-refractivity contribution in [3.63, 3.8) is 0 Å². The van der Waals surface area contributed by atoms with Gasteiger partial charge in [-0.2, -0.15) is 5.10 Å². The van der Waals surface area contributed by atoms with Crippen LogP contribution in [-0.4, -0.2) is 52.0 Å². The molecule has 2 aromatic rings. The number of nitrogens with zero attached hydrogens (tertiary/aromatic N) is 3. The van der Waals surface area contributed by atoms with Crippen LogP contribution in [-0.2, 0) is 16.1 Å². The minimum atomic E-state index is -4.75. The summed E-state index contributed by atoms with van der Waals surface area (Å²) in [5, 5.41) is 6.56. The molecule has 0 aromatic carbocycles. The van der Waals surface area contributed by atoms with E-state index in [1.165, 1.54) is 12.3 Å². The van der Waals surface area contributed by atoms with Crippen LogP contribution in [0.15, 0.2) is 12.3 Å². The van der Waals surface area contributed by atoms with Gasteiger partial charge in [0.25, 0.3) is 11.8 Å². The number of hydrogen-bond donors (Lipinski definition) is 2. The summed E-state index contributed by atoms with van der Waals surface area (Å²) >= 11 is 0. The van der Waals surface area contributed by atoms with E-state index in [4.69, 9.17) is 9.85 Å². The van der Waals surface area contributed by atoms with Crippen LogP contribution in [0.2, 0.25) is 0 Å². The van der Waals surface area contributed by atoms with Crippen LogP contribution in [0.5, 0.6) is 0 Å². The van der Waals surface area contributed by atoms with Crippen LogP contribution < -0.4 is 11.1 Å². The molecule has 0 aliphatic heterocycles. The fraction of sp³-hybridized carbons (Fsp3) is 0.467. The number of halogens is 3. The molecular weight excluding hydrogens is 371 g/mol. The van der Waals surface area contributed by atoms with E-state index in [0.29, 0.717) is 0 Å². The number of fused-ring (bicyclic) bond motifs is 1. The standard InChI is InChI=1S/C15H16F3N5O4/c1-26-6-9-11(12(19)24)13-20-3-2-10(23(13)22-9)14(25)21-7-4-8(5-7)27-15(16,17)18/h2-3,7-8H,4-6H2,1H3,(H2,19,24)(H,21,25)/i1D3. The molecule has 0 spiro atoms. The highest BCUT2D eigenvalue weighted by Crippen LogP contribution is 2.30. The topological polar surface area (TPSA) is 121 Å². The molecule has 3 N–H and O–H groups in total. The van der Waals surface area contributed by atoms with Crippen molar-refractivity contribution < 1.29 is 36.3 Å². The summed E-state index contributed by atoms with van der Waals surface area (Å²) in [4.78, 5) is 28.3. The second-order valence-electron chi connectivity index (χ2n) is 5.87. The van der Waals surface area contributed by atoms with Crippen molar-refractivity contribution in [1.29, 1.82) is 0 Å². The Morgan fingerprint density at radius 3 is 2.85 bits per heavy atom. The van der Waals surface area contributed by atoms with Gasteiger partial charge in [-0.1, -0.05) is 0 Å². The second kappa shape index (κ2) is 7.12. The molecule has 2 heterocycles. The minimum absolute atomic E-state index is 0.0250. The van der Waals surface area contributed by atoms with Crippen molar-refractivity contribution in [3.05, 3.63) is 29.2 Å². The number of nitrogens with two attached hydrogens (primary N) is 1. The smallest absolute Gasteiger partial charge is 0.378 e. The average Bonchev–Trinajstić information content (AvgIpc) is 2.94. The molecule has 0 unspecified atom stereocenters. The molecule has 0 saturated heterocycles. The maximum absolute atomic E-state index is 12.6. The fourth-order valence-corrected chi connectivity index (χ4v) is 2.81. The summed E-state index contributed by atoms with van der Waals surface area (Å²) in [6.07, 6.45) is -4.62. The molecule has 1 saturated carbocycles. The van der Waals surface area contributed by atoms with E-state index in [-0.39, 0.29) is 35.4 Å². The van der Waals surface area contributed by atoms with E-state index < -0.39 is 44.0 Å². The SMILES string of the molecule is [2H]C([2H])([2H])OCc1nn2c(C(=O)NC3CC(OC(F)(F)F)C3)ccnc2c1C(N)=O. The number of hydrogen-bond acceptors (Lipinski definition) is 6. The van der Waals surface area contributed by atoms with E-state index in [2.05, 4.69) is 24.9 Å². The quantitative estimate of drug-likeness (QED) is 0.752. The monoisotopic (exact) mass is 390 g/mol. The lowest BCUT2D eigenvalue weighted by Gasteiger charge is -2.35. The Morgan fingerprint density at radius 1 is 1.48 bits per heavy atom. The zero-order chi connectivity index (χ0) is 22.3. The van der Waals surface area contributed by atoms with Crippen LogP contribution in [0.4, 0.5) is 13.2 Å². The molecule has 3 rings (SSSR count). The summed E-state index contributed by atoms with van der Waals surface area (Å²) in [5.74, 6) is -1.63. The molecular formula is C15H16F3N5O4. The van der Waals surface area contributed by atoms with E-state index in [0.717, 1.165) is 4.52 Å². The molecule has 146 valence electrons. The minimum Gasteiger partial charge on any atom is -0.378 e. The molecule has 1 fully saturated rings. The van der Waals surface area contributed by atoms with Crippen molar-refractivity contribution in [1.82, 2.24) is 19.9 Å². The number of alkyl halides is 3. The first-order valence-corrected chi connectivity index (χ1v) is 7.70. The first kappa shape index (κ1) is 15.3. The van der Waals surface area contributed by atoms with Crippen molar-refractivity contribution in [3.8, 4) is 0 Å². The third-order valence-electron chi connectivity index (χ3n) is 4.01. The zero-order valence-corrected chi connectivity index (χ0v) is 13.6. The van der Waals surface area contributed by atoms with Crippen molar-refractivity contribution >= 4 is 17.5 Å². The Morgan fingerprint density at radius 2 is 2.22 bits per heavy atom. The van der Waals surface area contributed by atoms with Gasteiger partial charge < -0.3 is 15.8 Å². The Labute approximate surface area is 154 Å². The third-order valence-corrected chi connectivity index (χ3v) is 4.01. The highest BCUT2D eigenvalue weighted by molar-refractivity contribution is 6.01. The molecule has 12 heteroatoms. The lowest BCUT2D eigenvalue weighted by Crippen LogP contribution is -2.49. The van der Waals surface area contributed by atoms with Gasteiger partial charge in [0.1, 0.15) is 17.0 Å². The number of carbonyl (C=O) groups excluding carboxylic acids is 2. The summed E-state index contributed by atoms with van der Waals surface area (Å²) in [6, 6.07) is 0.731. The van der Waals surface area contributed by atoms with Gasteiger partial charge in [0.2, 0.25) is 0 Å². The predicted molar refractivity (Wildman–Crippen MR) is 83.6 cm³/mol. The number of amides is 2. The number of primary amides is 1.